The number of aromatic nitrogens is 4. The molecular formula is C18H19N5O3. The monoisotopic (exact) mass is 353 g/mol. The highest BCUT2D eigenvalue weighted by Gasteiger charge is 2.11. The maximum atomic E-state index is 12.1. The molecule has 3 aromatic rings. The van der Waals surface area contributed by atoms with Crippen molar-refractivity contribution in [2.75, 3.05) is 14.2 Å². The van der Waals surface area contributed by atoms with Crippen LogP contribution in [0.2, 0.25) is 0 Å². The summed E-state index contributed by atoms with van der Waals surface area (Å²) in [7, 11) is 3.15. The number of nitrogens with zero attached hydrogens (tertiary/aromatic N) is 3. The van der Waals surface area contributed by atoms with E-state index >= 15 is 0 Å². The van der Waals surface area contributed by atoms with Crippen molar-refractivity contribution in [2.24, 2.45) is 0 Å². The van der Waals surface area contributed by atoms with E-state index in [1.807, 2.05) is 30.3 Å². The van der Waals surface area contributed by atoms with Gasteiger partial charge in [-0.25, -0.2) is 4.98 Å². The quantitative estimate of drug-likeness (QED) is 0.671. The van der Waals surface area contributed by atoms with Crippen molar-refractivity contribution in [3.63, 3.8) is 0 Å². The minimum atomic E-state index is -0.163. The molecule has 0 saturated heterocycles. The summed E-state index contributed by atoms with van der Waals surface area (Å²) in [6.07, 6.45) is 1.77. The zero-order valence-electron chi connectivity index (χ0n) is 14.5. The molecule has 0 aliphatic carbocycles. The second-order valence-electron chi connectivity index (χ2n) is 5.46. The Hall–Kier alpha value is -3.42. The molecule has 0 atom stereocenters. The largest absolute Gasteiger partial charge is 0.493 e. The molecule has 0 unspecified atom stereocenters. The van der Waals surface area contributed by atoms with Gasteiger partial charge >= 0.3 is 0 Å². The summed E-state index contributed by atoms with van der Waals surface area (Å²) in [5.41, 5.74) is 1.56. The number of hydrogen-bond acceptors (Lipinski definition) is 6. The van der Waals surface area contributed by atoms with Crippen molar-refractivity contribution in [3.05, 3.63) is 54.0 Å². The Labute approximate surface area is 150 Å². The number of H-pyrrole nitrogens is 1. The van der Waals surface area contributed by atoms with Crippen molar-refractivity contribution in [1.82, 2.24) is 25.5 Å². The average molecular weight is 353 g/mol. The Kier molecular flexibility index (Phi) is 5.43. The van der Waals surface area contributed by atoms with Gasteiger partial charge in [-0.3, -0.25) is 14.9 Å². The van der Waals surface area contributed by atoms with Crippen LogP contribution in [0.15, 0.2) is 42.6 Å². The number of rotatable bonds is 7. The molecule has 0 aliphatic rings. The predicted molar refractivity (Wildman–Crippen MR) is 94.7 cm³/mol. The van der Waals surface area contributed by atoms with E-state index in [1.165, 1.54) is 0 Å². The van der Waals surface area contributed by atoms with Gasteiger partial charge in [0.1, 0.15) is 11.5 Å². The number of nitrogens with one attached hydrogen (secondary N) is 2. The third kappa shape index (κ3) is 4.15. The number of benzene rings is 1. The van der Waals surface area contributed by atoms with Gasteiger partial charge in [-0.15, -0.1) is 0 Å². The molecule has 134 valence electrons. The van der Waals surface area contributed by atoms with Gasteiger partial charge in [-0.1, -0.05) is 12.1 Å². The predicted octanol–water partition coefficient (Wildman–Crippen LogP) is 1.74. The summed E-state index contributed by atoms with van der Waals surface area (Å²) in [4.78, 5) is 20.6. The first-order chi connectivity index (χ1) is 12.7. The Morgan fingerprint density at radius 1 is 1.15 bits per heavy atom. The number of aromatic amines is 1. The fraction of sp³-hybridized carbons (Fsp3) is 0.222. The summed E-state index contributed by atoms with van der Waals surface area (Å²) in [5.74, 6) is 2.05. The molecule has 0 bridgehead atoms. The van der Waals surface area contributed by atoms with Gasteiger partial charge in [0.25, 0.3) is 0 Å². The van der Waals surface area contributed by atoms with Crippen LogP contribution in [0.4, 0.5) is 0 Å². The molecule has 0 saturated carbocycles. The molecule has 26 heavy (non-hydrogen) atoms. The van der Waals surface area contributed by atoms with Crippen molar-refractivity contribution in [1.29, 1.82) is 0 Å². The zero-order chi connectivity index (χ0) is 18.4. The van der Waals surface area contributed by atoms with Crippen LogP contribution in [0, 0.1) is 0 Å². The van der Waals surface area contributed by atoms with E-state index in [1.54, 1.807) is 26.5 Å². The smallest absolute Gasteiger partial charge is 0.227 e. The lowest BCUT2D eigenvalue weighted by Gasteiger charge is -2.10. The Morgan fingerprint density at radius 3 is 2.73 bits per heavy atom. The maximum absolute atomic E-state index is 12.1. The number of hydrogen-bond donors (Lipinski definition) is 2. The first-order valence-electron chi connectivity index (χ1n) is 8.00. The van der Waals surface area contributed by atoms with Gasteiger partial charge in [-0.05, 0) is 29.8 Å². The summed E-state index contributed by atoms with van der Waals surface area (Å²) in [5, 5.41) is 9.71. The third-order valence-electron chi connectivity index (χ3n) is 3.69. The second kappa shape index (κ2) is 8.11. The fourth-order valence-corrected chi connectivity index (χ4v) is 2.39. The summed E-state index contributed by atoms with van der Waals surface area (Å²) < 4.78 is 10.5. The first kappa shape index (κ1) is 17.4. The minimum Gasteiger partial charge on any atom is -0.493 e. The summed E-state index contributed by atoms with van der Waals surface area (Å²) >= 11 is 0. The number of methoxy groups -OCH3 is 2. The van der Waals surface area contributed by atoms with Crippen LogP contribution in [-0.4, -0.2) is 40.3 Å². The molecule has 3 rings (SSSR count). The van der Waals surface area contributed by atoms with Crippen LogP contribution in [0.3, 0.4) is 0 Å². The van der Waals surface area contributed by atoms with Gasteiger partial charge in [0.05, 0.1) is 20.6 Å². The molecule has 0 radical (unpaired) electrons. The highest BCUT2D eigenvalue weighted by molar-refractivity contribution is 5.77. The number of carbonyl (C=O) groups excluding carboxylic acids is 1. The van der Waals surface area contributed by atoms with Gasteiger partial charge in [-0.2, -0.15) is 5.10 Å². The highest BCUT2D eigenvalue weighted by Crippen LogP contribution is 2.27. The highest BCUT2D eigenvalue weighted by atomic mass is 16.5. The molecule has 2 aromatic heterocycles. The van der Waals surface area contributed by atoms with E-state index in [4.69, 9.17) is 9.47 Å². The van der Waals surface area contributed by atoms with E-state index < -0.39 is 0 Å². The van der Waals surface area contributed by atoms with E-state index in [9.17, 15) is 4.79 Å². The van der Waals surface area contributed by atoms with Crippen LogP contribution in [0.5, 0.6) is 11.5 Å². The SMILES string of the molecule is COc1ccc(CNC(=O)Cc2nc(-c3ccccn3)n[nH]2)cc1OC. The van der Waals surface area contributed by atoms with Gasteiger partial charge < -0.3 is 14.8 Å². The molecular weight excluding hydrogens is 334 g/mol. The Balaban J connectivity index is 1.57. The first-order valence-corrected chi connectivity index (χ1v) is 8.00. The van der Waals surface area contributed by atoms with Crippen molar-refractivity contribution in [2.45, 2.75) is 13.0 Å². The number of pyridine rings is 1. The normalized spacial score (nSPS) is 10.4. The topological polar surface area (TPSA) is 102 Å². The van der Waals surface area contributed by atoms with Gasteiger partial charge in [0.15, 0.2) is 17.3 Å². The molecule has 1 aromatic carbocycles. The fourth-order valence-electron chi connectivity index (χ4n) is 2.39. The van der Waals surface area contributed by atoms with Gasteiger partial charge in [0.2, 0.25) is 5.91 Å². The molecule has 0 fully saturated rings. The molecule has 2 N–H and O–H groups in total. The molecule has 1 amide bonds. The molecule has 8 nitrogen and oxygen atoms in total. The van der Waals surface area contributed by atoms with Crippen molar-refractivity contribution >= 4 is 5.91 Å². The van der Waals surface area contributed by atoms with E-state index in [-0.39, 0.29) is 12.3 Å². The third-order valence-corrected chi connectivity index (χ3v) is 3.69. The Bertz CT molecular complexity index is 880. The van der Waals surface area contributed by atoms with Crippen LogP contribution < -0.4 is 14.8 Å². The molecule has 0 aliphatic heterocycles. The van der Waals surface area contributed by atoms with E-state index in [2.05, 4.69) is 25.5 Å². The second-order valence-corrected chi connectivity index (χ2v) is 5.46. The lowest BCUT2D eigenvalue weighted by atomic mass is 10.2. The average Bonchev–Trinajstić information content (AvgIpc) is 3.15. The standard InChI is InChI=1S/C18H19N5O3/c1-25-14-7-6-12(9-15(14)26-2)11-20-17(24)10-16-21-18(23-22-16)13-5-3-4-8-19-13/h3-9H,10-11H2,1-2H3,(H,20,24)(H,21,22,23). The van der Waals surface area contributed by atoms with Crippen LogP contribution >= 0.6 is 0 Å². The zero-order valence-corrected chi connectivity index (χ0v) is 14.5. The van der Waals surface area contributed by atoms with Crippen molar-refractivity contribution in [3.8, 4) is 23.0 Å². The van der Waals surface area contributed by atoms with Gasteiger partial charge in [0, 0.05) is 12.7 Å². The maximum Gasteiger partial charge on any atom is 0.227 e. The summed E-state index contributed by atoms with van der Waals surface area (Å²) in [6, 6.07) is 11.0. The number of carbonyl (C=O) groups is 1. The van der Waals surface area contributed by atoms with E-state index in [0.29, 0.717) is 35.4 Å². The number of ether oxygens (including phenoxy) is 2. The van der Waals surface area contributed by atoms with Crippen LogP contribution in [-0.2, 0) is 17.8 Å². The Morgan fingerprint density at radius 2 is 2.00 bits per heavy atom. The van der Waals surface area contributed by atoms with Crippen LogP contribution in [0.1, 0.15) is 11.4 Å². The molecule has 2 heterocycles. The lowest BCUT2D eigenvalue weighted by Crippen LogP contribution is -2.25. The van der Waals surface area contributed by atoms with Crippen LogP contribution in [0.25, 0.3) is 11.5 Å². The minimum absolute atomic E-state index is 0.104. The lowest BCUT2D eigenvalue weighted by molar-refractivity contribution is -0.120. The number of amides is 1. The molecule has 0 spiro atoms. The van der Waals surface area contributed by atoms with Crippen molar-refractivity contribution < 1.29 is 14.3 Å². The molecule has 8 heteroatoms. The van der Waals surface area contributed by atoms with E-state index in [0.717, 1.165) is 5.56 Å². The summed E-state index contributed by atoms with van der Waals surface area (Å²) in [6.45, 7) is 0.375.